The van der Waals surface area contributed by atoms with E-state index in [1.54, 1.807) is 13.0 Å². The number of aromatic nitrogens is 1. The molecule has 1 aromatic carbocycles. The molecule has 0 saturated heterocycles. The van der Waals surface area contributed by atoms with Crippen molar-refractivity contribution in [2.45, 2.75) is 6.92 Å². The third-order valence-electron chi connectivity index (χ3n) is 2.71. The zero-order valence-corrected chi connectivity index (χ0v) is 11.6. The van der Waals surface area contributed by atoms with Crippen molar-refractivity contribution in [3.05, 3.63) is 47.5 Å². The fourth-order valence-corrected chi connectivity index (χ4v) is 1.71. The third-order valence-corrected chi connectivity index (χ3v) is 2.71. The highest BCUT2D eigenvalue weighted by Gasteiger charge is 2.15. The Bertz CT molecular complexity index is 652. The summed E-state index contributed by atoms with van der Waals surface area (Å²) in [5.41, 5.74) is 0.309. The molecule has 0 aliphatic heterocycles. The molecule has 0 saturated carbocycles. The number of anilines is 1. The second-order valence-electron chi connectivity index (χ2n) is 4.54. The summed E-state index contributed by atoms with van der Waals surface area (Å²) in [4.78, 5) is 25.0. The van der Waals surface area contributed by atoms with Crippen LogP contribution in [0.5, 0.6) is 0 Å². The van der Waals surface area contributed by atoms with Gasteiger partial charge in [0.25, 0.3) is 5.91 Å². The van der Waals surface area contributed by atoms with Crippen molar-refractivity contribution in [2.75, 3.05) is 18.9 Å². The Morgan fingerprint density at radius 1 is 1.33 bits per heavy atom. The van der Waals surface area contributed by atoms with Crippen molar-refractivity contribution in [3.63, 3.8) is 0 Å². The molecule has 2 amide bonds. The average molecular weight is 291 g/mol. The van der Waals surface area contributed by atoms with Crippen LogP contribution in [0, 0.1) is 12.7 Å². The van der Waals surface area contributed by atoms with Gasteiger partial charge >= 0.3 is 0 Å². The fourth-order valence-electron chi connectivity index (χ4n) is 1.71. The zero-order valence-electron chi connectivity index (χ0n) is 11.6. The minimum Gasteiger partial charge on any atom is -0.360 e. The quantitative estimate of drug-likeness (QED) is 0.932. The zero-order chi connectivity index (χ0) is 15.4. The lowest BCUT2D eigenvalue weighted by atomic mass is 10.2. The van der Waals surface area contributed by atoms with E-state index in [9.17, 15) is 14.0 Å². The van der Waals surface area contributed by atoms with Gasteiger partial charge in [0.05, 0.1) is 6.54 Å². The lowest BCUT2D eigenvalue weighted by Gasteiger charge is -2.16. The second-order valence-corrected chi connectivity index (χ2v) is 4.54. The molecule has 0 unspecified atom stereocenters. The first-order valence-corrected chi connectivity index (χ1v) is 6.20. The Kier molecular flexibility index (Phi) is 4.32. The van der Waals surface area contributed by atoms with Gasteiger partial charge in [0.1, 0.15) is 11.6 Å². The van der Waals surface area contributed by atoms with Crippen molar-refractivity contribution in [3.8, 4) is 0 Å². The number of benzene rings is 1. The highest BCUT2D eigenvalue weighted by Crippen LogP contribution is 2.08. The van der Waals surface area contributed by atoms with Crippen molar-refractivity contribution in [1.82, 2.24) is 10.1 Å². The van der Waals surface area contributed by atoms with E-state index in [-0.39, 0.29) is 12.5 Å². The maximum Gasteiger partial charge on any atom is 0.254 e. The predicted molar refractivity (Wildman–Crippen MR) is 73.2 cm³/mol. The minimum absolute atomic E-state index is 0.151. The normalized spacial score (nSPS) is 10.2. The van der Waals surface area contributed by atoms with E-state index in [4.69, 9.17) is 4.52 Å². The van der Waals surface area contributed by atoms with Crippen LogP contribution in [0.15, 0.2) is 34.9 Å². The summed E-state index contributed by atoms with van der Waals surface area (Å²) in [6.45, 7) is 1.55. The lowest BCUT2D eigenvalue weighted by Crippen LogP contribution is -2.35. The SMILES string of the molecule is Cc1cc(NC(=O)CN(C)C(=O)c2ccc(F)cc2)no1. The van der Waals surface area contributed by atoms with Gasteiger partial charge in [0.2, 0.25) is 5.91 Å². The van der Waals surface area contributed by atoms with E-state index < -0.39 is 11.7 Å². The van der Waals surface area contributed by atoms with E-state index in [2.05, 4.69) is 10.5 Å². The highest BCUT2D eigenvalue weighted by atomic mass is 19.1. The molecular weight excluding hydrogens is 277 g/mol. The highest BCUT2D eigenvalue weighted by molar-refractivity contribution is 5.98. The summed E-state index contributed by atoms with van der Waals surface area (Å²) >= 11 is 0. The topological polar surface area (TPSA) is 75.4 Å². The van der Waals surface area contributed by atoms with E-state index in [1.165, 1.54) is 36.2 Å². The molecule has 7 heteroatoms. The number of aryl methyl sites for hydroxylation is 1. The number of hydrogen-bond acceptors (Lipinski definition) is 4. The number of carbonyl (C=O) groups excluding carboxylic acids is 2. The van der Waals surface area contributed by atoms with Crippen LogP contribution in [0.1, 0.15) is 16.1 Å². The molecule has 0 radical (unpaired) electrons. The van der Waals surface area contributed by atoms with E-state index in [1.807, 2.05) is 0 Å². The summed E-state index contributed by atoms with van der Waals surface area (Å²) < 4.78 is 17.6. The van der Waals surface area contributed by atoms with Crippen LogP contribution in [-0.2, 0) is 4.79 Å². The number of rotatable bonds is 4. The number of hydrogen-bond donors (Lipinski definition) is 1. The number of nitrogens with zero attached hydrogens (tertiary/aromatic N) is 2. The van der Waals surface area contributed by atoms with Crippen LogP contribution in [0.25, 0.3) is 0 Å². The molecule has 0 fully saturated rings. The summed E-state index contributed by atoms with van der Waals surface area (Å²) in [5, 5.41) is 6.14. The van der Waals surface area contributed by atoms with Gasteiger partial charge in [0.15, 0.2) is 5.82 Å². The van der Waals surface area contributed by atoms with Crippen molar-refractivity contribution in [1.29, 1.82) is 0 Å². The summed E-state index contributed by atoms with van der Waals surface area (Å²) in [7, 11) is 1.49. The molecule has 2 rings (SSSR count). The summed E-state index contributed by atoms with van der Waals surface area (Å²) in [5.74, 6) is -0.336. The molecule has 0 spiro atoms. The smallest absolute Gasteiger partial charge is 0.254 e. The Labute approximate surface area is 120 Å². The van der Waals surface area contributed by atoms with Crippen LogP contribution in [0.3, 0.4) is 0 Å². The minimum atomic E-state index is -0.423. The Balaban J connectivity index is 1.94. The van der Waals surface area contributed by atoms with E-state index in [0.717, 1.165) is 0 Å². The van der Waals surface area contributed by atoms with Crippen LogP contribution < -0.4 is 5.32 Å². The molecule has 0 atom stereocenters. The van der Waals surface area contributed by atoms with E-state index in [0.29, 0.717) is 17.1 Å². The van der Waals surface area contributed by atoms with Gasteiger partial charge in [-0.1, -0.05) is 5.16 Å². The number of nitrogens with one attached hydrogen (secondary N) is 1. The molecule has 0 bridgehead atoms. The number of amides is 2. The maximum atomic E-state index is 12.8. The number of likely N-dealkylation sites (N-methyl/N-ethyl adjacent to an activating group) is 1. The van der Waals surface area contributed by atoms with Crippen LogP contribution in [0.4, 0.5) is 10.2 Å². The summed E-state index contributed by atoms with van der Waals surface area (Å²) in [6, 6.07) is 6.69. The predicted octanol–water partition coefficient (Wildman–Crippen LogP) is 1.83. The maximum absolute atomic E-state index is 12.8. The Morgan fingerprint density at radius 3 is 2.57 bits per heavy atom. The Hall–Kier alpha value is -2.70. The second kappa shape index (κ2) is 6.17. The van der Waals surface area contributed by atoms with Gasteiger partial charge in [-0.3, -0.25) is 9.59 Å². The molecule has 2 aromatic rings. The average Bonchev–Trinajstić information content (AvgIpc) is 2.83. The van der Waals surface area contributed by atoms with Crippen LogP contribution in [-0.4, -0.2) is 35.5 Å². The van der Waals surface area contributed by atoms with Crippen LogP contribution >= 0.6 is 0 Å². The molecular formula is C14H14FN3O3. The van der Waals surface area contributed by atoms with Crippen molar-refractivity contribution in [2.24, 2.45) is 0 Å². The Morgan fingerprint density at radius 2 is 2.00 bits per heavy atom. The first-order valence-electron chi connectivity index (χ1n) is 6.20. The van der Waals surface area contributed by atoms with Crippen molar-refractivity contribution >= 4 is 17.6 Å². The molecule has 110 valence electrons. The molecule has 0 aliphatic carbocycles. The van der Waals surface area contributed by atoms with Gasteiger partial charge in [-0.15, -0.1) is 0 Å². The van der Waals surface area contributed by atoms with E-state index >= 15 is 0 Å². The van der Waals surface area contributed by atoms with Gasteiger partial charge in [-0.25, -0.2) is 4.39 Å². The standard InChI is InChI=1S/C14H14FN3O3/c1-9-7-12(17-21-9)16-13(19)8-18(2)14(20)10-3-5-11(15)6-4-10/h3-7H,8H2,1-2H3,(H,16,17,19). The van der Waals surface area contributed by atoms with Gasteiger partial charge in [-0.2, -0.15) is 0 Å². The molecule has 1 aromatic heterocycles. The van der Waals surface area contributed by atoms with Crippen molar-refractivity contribution < 1.29 is 18.5 Å². The monoisotopic (exact) mass is 291 g/mol. The van der Waals surface area contributed by atoms with Crippen LogP contribution in [0.2, 0.25) is 0 Å². The fraction of sp³-hybridized carbons (Fsp3) is 0.214. The number of carbonyl (C=O) groups is 2. The summed E-state index contributed by atoms with van der Waals surface area (Å²) in [6.07, 6.45) is 0. The van der Waals surface area contributed by atoms with Gasteiger partial charge < -0.3 is 14.7 Å². The third kappa shape index (κ3) is 3.88. The lowest BCUT2D eigenvalue weighted by molar-refractivity contribution is -0.116. The first kappa shape index (κ1) is 14.7. The molecule has 6 nitrogen and oxygen atoms in total. The molecule has 0 aliphatic rings. The first-order chi connectivity index (χ1) is 9.95. The molecule has 21 heavy (non-hydrogen) atoms. The molecule has 1 heterocycles. The van der Waals surface area contributed by atoms with Gasteiger partial charge in [-0.05, 0) is 31.2 Å². The number of halogens is 1. The van der Waals surface area contributed by atoms with Gasteiger partial charge in [0, 0.05) is 18.7 Å². The molecule has 1 N–H and O–H groups in total. The largest absolute Gasteiger partial charge is 0.360 e.